The van der Waals surface area contributed by atoms with Crippen LogP contribution in [-0.4, -0.2) is 51.0 Å². The van der Waals surface area contributed by atoms with Crippen molar-refractivity contribution in [3.8, 4) is 11.5 Å². The van der Waals surface area contributed by atoms with E-state index in [9.17, 15) is 18.0 Å². The topological polar surface area (TPSA) is 126 Å². The van der Waals surface area contributed by atoms with Gasteiger partial charge in [-0.05, 0) is 53.6 Å². The minimum atomic E-state index is -4.07. The third kappa shape index (κ3) is 8.52. The molecule has 2 N–H and O–H groups in total. The second-order valence-corrected chi connectivity index (χ2v) is 10.2. The van der Waals surface area contributed by atoms with E-state index in [0.717, 1.165) is 4.31 Å². The summed E-state index contributed by atoms with van der Waals surface area (Å²) in [5, 5.41) is 6.56. The van der Waals surface area contributed by atoms with Crippen LogP contribution in [0.15, 0.2) is 95.4 Å². The van der Waals surface area contributed by atoms with E-state index in [2.05, 4.69) is 22.4 Å². The number of hydrazone groups is 1. The molecule has 204 valence electrons. The van der Waals surface area contributed by atoms with Gasteiger partial charge in [-0.2, -0.15) is 9.41 Å². The standard InChI is InChI=1S/C28H30N4O6S/c1-4-16-38-26-15-10-23(17-27(26)37-3)18-29-31-28(34)20-32(19-22-8-6-5-7-9-22)39(35,36)25-13-11-24(12-14-25)30-21(2)33/h4-15,17-18H,1,16,19-20H2,2-3H3,(H,30,33)(H,31,34)/b29-18-. The van der Waals surface area contributed by atoms with Gasteiger partial charge >= 0.3 is 0 Å². The number of carbonyl (C=O) groups is 2. The zero-order chi connectivity index (χ0) is 28.3. The van der Waals surface area contributed by atoms with Crippen LogP contribution in [0.4, 0.5) is 5.69 Å². The monoisotopic (exact) mass is 550 g/mol. The first-order valence-electron chi connectivity index (χ1n) is 11.9. The van der Waals surface area contributed by atoms with Crippen LogP contribution < -0.4 is 20.2 Å². The summed E-state index contributed by atoms with van der Waals surface area (Å²) in [7, 11) is -2.56. The molecule has 3 aromatic carbocycles. The van der Waals surface area contributed by atoms with Crippen molar-refractivity contribution in [1.29, 1.82) is 0 Å². The number of nitrogens with one attached hydrogen (secondary N) is 2. The molecule has 0 atom stereocenters. The maximum atomic E-state index is 13.5. The maximum absolute atomic E-state index is 13.5. The molecule has 0 aromatic heterocycles. The number of methoxy groups -OCH3 is 1. The molecule has 0 bridgehead atoms. The number of ether oxygens (including phenoxy) is 2. The van der Waals surface area contributed by atoms with E-state index in [1.165, 1.54) is 44.5 Å². The summed E-state index contributed by atoms with van der Waals surface area (Å²) in [5.74, 6) is 0.115. The number of benzene rings is 3. The van der Waals surface area contributed by atoms with Crippen LogP contribution in [0, 0.1) is 0 Å². The number of nitrogens with zero attached hydrogens (tertiary/aromatic N) is 2. The molecule has 3 aromatic rings. The highest BCUT2D eigenvalue weighted by Gasteiger charge is 2.27. The van der Waals surface area contributed by atoms with Crippen molar-refractivity contribution < 1.29 is 27.5 Å². The smallest absolute Gasteiger partial charge is 0.255 e. The summed E-state index contributed by atoms with van der Waals surface area (Å²) < 4.78 is 38.8. The Morgan fingerprint density at radius 3 is 2.38 bits per heavy atom. The predicted molar refractivity (Wildman–Crippen MR) is 149 cm³/mol. The molecule has 11 heteroatoms. The highest BCUT2D eigenvalue weighted by molar-refractivity contribution is 7.89. The van der Waals surface area contributed by atoms with Gasteiger partial charge in [0.1, 0.15) is 6.61 Å². The molecular formula is C28H30N4O6S. The van der Waals surface area contributed by atoms with E-state index < -0.39 is 22.5 Å². The van der Waals surface area contributed by atoms with Gasteiger partial charge < -0.3 is 14.8 Å². The van der Waals surface area contributed by atoms with Crippen molar-refractivity contribution in [2.75, 3.05) is 25.6 Å². The highest BCUT2D eigenvalue weighted by atomic mass is 32.2. The van der Waals surface area contributed by atoms with Gasteiger partial charge in [-0.25, -0.2) is 13.8 Å². The third-order valence-electron chi connectivity index (χ3n) is 5.28. The fourth-order valence-corrected chi connectivity index (χ4v) is 4.87. The summed E-state index contributed by atoms with van der Waals surface area (Å²) in [6, 6.07) is 19.8. The first-order valence-corrected chi connectivity index (χ1v) is 13.3. The number of hydrogen-bond acceptors (Lipinski definition) is 7. The van der Waals surface area contributed by atoms with Crippen LogP contribution in [0.1, 0.15) is 18.1 Å². The van der Waals surface area contributed by atoms with Gasteiger partial charge in [-0.3, -0.25) is 9.59 Å². The van der Waals surface area contributed by atoms with Crippen molar-refractivity contribution >= 4 is 33.7 Å². The summed E-state index contributed by atoms with van der Waals surface area (Å²) >= 11 is 0. The lowest BCUT2D eigenvalue weighted by atomic mass is 10.2. The molecular weight excluding hydrogens is 520 g/mol. The van der Waals surface area contributed by atoms with Crippen LogP contribution in [0.25, 0.3) is 0 Å². The molecule has 0 unspecified atom stereocenters. The van der Waals surface area contributed by atoms with Crippen LogP contribution in [-0.2, 0) is 26.2 Å². The van der Waals surface area contributed by atoms with E-state index in [0.29, 0.717) is 34.9 Å². The lowest BCUT2D eigenvalue weighted by Gasteiger charge is -2.21. The summed E-state index contributed by atoms with van der Waals surface area (Å²) in [4.78, 5) is 24.0. The lowest BCUT2D eigenvalue weighted by molar-refractivity contribution is -0.121. The first-order chi connectivity index (χ1) is 18.7. The van der Waals surface area contributed by atoms with E-state index >= 15 is 0 Å². The lowest BCUT2D eigenvalue weighted by Crippen LogP contribution is -2.39. The second-order valence-electron chi connectivity index (χ2n) is 8.27. The minimum Gasteiger partial charge on any atom is -0.493 e. The highest BCUT2D eigenvalue weighted by Crippen LogP contribution is 2.27. The zero-order valence-electron chi connectivity index (χ0n) is 21.7. The van der Waals surface area contributed by atoms with Crippen LogP contribution in [0.2, 0.25) is 0 Å². The average Bonchev–Trinajstić information content (AvgIpc) is 2.92. The largest absolute Gasteiger partial charge is 0.493 e. The average molecular weight is 551 g/mol. The number of anilines is 1. The van der Waals surface area contributed by atoms with Gasteiger partial charge in [-0.15, -0.1) is 0 Å². The van der Waals surface area contributed by atoms with Gasteiger partial charge in [-0.1, -0.05) is 43.0 Å². The van der Waals surface area contributed by atoms with Crippen molar-refractivity contribution in [3.05, 3.63) is 96.6 Å². The molecule has 10 nitrogen and oxygen atoms in total. The van der Waals surface area contributed by atoms with Crippen molar-refractivity contribution in [2.45, 2.75) is 18.4 Å². The van der Waals surface area contributed by atoms with Gasteiger partial charge in [0.05, 0.1) is 24.8 Å². The van der Waals surface area contributed by atoms with Gasteiger partial charge in [0.25, 0.3) is 5.91 Å². The normalized spacial score (nSPS) is 11.3. The summed E-state index contributed by atoms with van der Waals surface area (Å²) in [6.45, 7) is 4.79. The van der Waals surface area contributed by atoms with Crippen molar-refractivity contribution in [1.82, 2.24) is 9.73 Å². The van der Waals surface area contributed by atoms with Crippen molar-refractivity contribution in [3.63, 3.8) is 0 Å². The van der Waals surface area contributed by atoms with Gasteiger partial charge in [0.15, 0.2) is 11.5 Å². The number of hydrogen-bond donors (Lipinski definition) is 2. The van der Waals surface area contributed by atoms with Crippen LogP contribution in [0.3, 0.4) is 0 Å². The molecule has 0 radical (unpaired) electrons. The fraction of sp³-hybridized carbons (Fsp3) is 0.179. The Labute approximate surface area is 228 Å². The fourth-order valence-electron chi connectivity index (χ4n) is 3.48. The number of amides is 2. The Balaban J connectivity index is 1.75. The quantitative estimate of drug-likeness (QED) is 0.190. The molecule has 0 aliphatic heterocycles. The SMILES string of the molecule is C=CCOc1ccc(/C=N\NC(=O)CN(Cc2ccccc2)S(=O)(=O)c2ccc(NC(C)=O)cc2)cc1OC. The molecule has 3 rings (SSSR count). The Hall–Kier alpha value is -4.48. The molecule has 0 spiro atoms. The van der Waals surface area contributed by atoms with E-state index in [1.54, 1.807) is 48.5 Å². The number of sulfonamides is 1. The summed E-state index contributed by atoms with van der Waals surface area (Å²) in [6.07, 6.45) is 3.03. The van der Waals surface area contributed by atoms with Gasteiger partial charge in [0, 0.05) is 19.2 Å². The van der Waals surface area contributed by atoms with E-state index in [-0.39, 0.29) is 17.3 Å². The minimum absolute atomic E-state index is 0.0188. The molecule has 0 heterocycles. The van der Waals surface area contributed by atoms with E-state index in [1.807, 2.05) is 6.07 Å². The Morgan fingerprint density at radius 2 is 1.74 bits per heavy atom. The molecule has 0 aliphatic carbocycles. The molecule has 0 fully saturated rings. The zero-order valence-corrected chi connectivity index (χ0v) is 22.5. The first kappa shape index (κ1) is 29.1. The number of rotatable bonds is 13. The molecule has 39 heavy (non-hydrogen) atoms. The van der Waals surface area contributed by atoms with Crippen molar-refractivity contribution in [2.24, 2.45) is 5.10 Å². The molecule has 0 aliphatic rings. The number of carbonyl (C=O) groups excluding carboxylic acids is 2. The molecule has 2 amide bonds. The third-order valence-corrected chi connectivity index (χ3v) is 7.09. The second kappa shape index (κ2) is 13.9. The Morgan fingerprint density at radius 1 is 1.03 bits per heavy atom. The Kier molecular flexibility index (Phi) is 10.4. The molecule has 0 saturated heterocycles. The molecule has 0 saturated carbocycles. The van der Waals surface area contributed by atoms with Crippen LogP contribution in [0.5, 0.6) is 11.5 Å². The predicted octanol–water partition coefficient (Wildman–Crippen LogP) is 3.56. The Bertz CT molecular complexity index is 1420. The van der Waals surface area contributed by atoms with E-state index in [4.69, 9.17) is 9.47 Å². The van der Waals surface area contributed by atoms with Gasteiger partial charge in [0.2, 0.25) is 15.9 Å². The maximum Gasteiger partial charge on any atom is 0.255 e. The summed E-state index contributed by atoms with van der Waals surface area (Å²) in [5.41, 5.74) is 4.18. The van der Waals surface area contributed by atoms with Crippen LogP contribution >= 0.6 is 0 Å².